The average Bonchev–Trinajstić information content (AvgIpc) is 3.28. The van der Waals surface area contributed by atoms with Crippen molar-refractivity contribution in [2.24, 2.45) is 5.92 Å². The molecule has 1 saturated carbocycles. The standard InChI is InChI=1S/C13H15NO6/c1-18-11-8(10(15)7-4-5-7)6-9(14(16)17)12(19-2)13(11)20-3/h6-7H,4-5H2,1-3H3. The van der Waals surface area contributed by atoms with E-state index in [1.54, 1.807) is 0 Å². The summed E-state index contributed by atoms with van der Waals surface area (Å²) >= 11 is 0. The zero-order valence-corrected chi connectivity index (χ0v) is 11.5. The largest absolute Gasteiger partial charge is 0.492 e. The van der Waals surface area contributed by atoms with E-state index in [1.165, 1.54) is 27.4 Å². The van der Waals surface area contributed by atoms with Gasteiger partial charge in [-0.25, -0.2) is 0 Å². The van der Waals surface area contributed by atoms with Crippen LogP contribution in [0.1, 0.15) is 23.2 Å². The lowest BCUT2D eigenvalue weighted by molar-refractivity contribution is -0.385. The molecule has 20 heavy (non-hydrogen) atoms. The van der Waals surface area contributed by atoms with Gasteiger partial charge in [0.05, 0.1) is 31.8 Å². The van der Waals surface area contributed by atoms with E-state index in [-0.39, 0.29) is 40.2 Å². The smallest absolute Gasteiger partial charge is 0.315 e. The van der Waals surface area contributed by atoms with Crippen molar-refractivity contribution >= 4 is 11.5 Å². The third kappa shape index (κ3) is 2.26. The molecule has 7 heteroatoms. The fourth-order valence-electron chi connectivity index (χ4n) is 2.08. The molecule has 1 aliphatic rings. The minimum atomic E-state index is -0.607. The Balaban J connectivity index is 2.69. The van der Waals surface area contributed by atoms with Crippen LogP contribution in [0, 0.1) is 16.0 Å². The van der Waals surface area contributed by atoms with E-state index in [1.807, 2.05) is 0 Å². The first-order valence-corrected chi connectivity index (χ1v) is 6.06. The third-order valence-electron chi connectivity index (χ3n) is 3.19. The maximum atomic E-state index is 12.2. The summed E-state index contributed by atoms with van der Waals surface area (Å²) in [5, 5.41) is 11.1. The lowest BCUT2D eigenvalue weighted by Crippen LogP contribution is -2.08. The van der Waals surface area contributed by atoms with Crippen molar-refractivity contribution < 1.29 is 23.9 Å². The monoisotopic (exact) mass is 281 g/mol. The van der Waals surface area contributed by atoms with Crippen LogP contribution >= 0.6 is 0 Å². The maximum Gasteiger partial charge on any atom is 0.315 e. The molecule has 0 radical (unpaired) electrons. The molecule has 0 aliphatic heterocycles. The summed E-state index contributed by atoms with van der Waals surface area (Å²) < 4.78 is 15.4. The molecule has 2 rings (SSSR count). The summed E-state index contributed by atoms with van der Waals surface area (Å²) in [6, 6.07) is 1.20. The van der Waals surface area contributed by atoms with Crippen LogP contribution in [0.4, 0.5) is 5.69 Å². The highest BCUT2D eigenvalue weighted by Crippen LogP contribution is 2.48. The highest BCUT2D eigenvalue weighted by molar-refractivity contribution is 6.03. The molecular weight excluding hydrogens is 266 g/mol. The second-order valence-corrected chi connectivity index (χ2v) is 4.44. The fourth-order valence-corrected chi connectivity index (χ4v) is 2.08. The number of nitro benzene ring substituents is 1. The molecule has 1 fully saturated rings. The van der Waals surface area contributed by atoms with Gasteiger partial charge in [-0.15, -0.1) is 0 Å². The molecule has 7 nitrogen and oxygen atoms in total. The Morgan fingerprint density at radius 2 is 1.70 bits per heavy atom. The molecule has 0 unspecified atom stereocenters. The van der Waals surface area contributed by atoms with Crippen LogP contribution in [0.2, 0.25) is 0 Å². The Bertz CT molecular complexity index is 564. The van der Waals surface area contributed by atoms with E-state index in [0.717, 1.165) is 12.8 Å². The van der Waals surface area contributed by atoms with Crippen molar-refractivity contribution in [3.8, 4) is 17.2 Å². The predicted octanol–water partition coefficient (Wildman–Crippen LogP) is 2.21. The lowest BCUT2D eigenvalue weighted by atomic mass is 10.0. The number of ketones is 1. The van der Waals surface area contributed by atoms with Gasteiger partial charge in [-0.1, -0.05) is 0 Å². The van der Waals surface area contributed by atoms with Crippen LogP contribution in [0.15, 0.2) is 6.07 Å². The Labute approximate surface area is 115 Å². The summed E-state index contributed by atoms with van der Waals surface area (Å²) in [4.78, 5) is 22.8. The normalized spacial score (nSPS) is 13.8. The average molecular weight is 281 g/mol. The molecule has 0 heterocycles. The number of methoxy groups -OCH3 is 3. The van der Waals surface area contributed by atoms with Gasteiger partial charge in [-0.3, -0.25) is 14.9 Å². The number of carbonyl (C=O) groups is 1. The summed E-state index contributed by atoms with van der Waals surface area (Å²) in [6.45, 7) is 0. The van der Waals surface area contributed by atoms with Crippen LogP contribution in [-0.4, -0.2) is 32.0 Å². The van der Waals surface area contributed by atoms with Crippen molar-refractivity contribution in [3.63, 3.8) is 0 Å². The molecular formula is C13H15NO6. The van der Waals surface area contributed by atoms with Gasteiger partial charge in [0, 0.05) is 12.0 Å². The number of nitrogens with zero attached hydrogens (tertiary/aromatic N) is 1. The molecule has 0 N–H and O–H groups in total. The van der Waals surface area contributed by atoms with Crippen LogP contribution in [0.5, 0.6) is 17.2 Å². The number of nitro groups is 1. The van der Waals surface area contributed by atoms with E-state index in [0.29, 0.717) is 0 Å². The fraction of sp³-hybridized carbons (Fsp3) is 0.462. The van der Waals surface area contributed by atoms with Crippen LogP contribution < -0.4 is 14.2 Å². The topological polar surface area (TPSA) is 87.9 Å². The van der Waals surface area contributed by atoms with Crippen molar-refractivity contribution in [2.45, 2.75) is 12.8 Å². The molecule has 0 amide bonds. The van der Waals surface area contributed by atoms with E-state index in [9.17, 15) is 14.9 Å². The summed E-state index contributed by atoms with van der Waals surface area (Å²) in [7, 11) is 4.02. The number of benzene rings is 1. The molecule has 0 atom stereocenters. The van der Waals surface area contributed by atoms with Gasteiger partial charge in [-0.05, 0) is 12.8 Å². The van der Waals surface area contributed by atoms with Crippen molar-refractivity contribution in [2.75, 3.05) is 21.3 Å². The van der Waals surface area contributed by atoms with Gasteiger partial charge < -0.3 is 14.2 Å². The number of rotatable bonds is 6. The number of carbonyl (C=O) groups excluding carboxylic acids is 1. The predicted molar refractivity (Wildman–Crippen MR) is 69.8 cm³/mol. The van der Waals surface area contributed by atoms with Gasteiger partial charge in [-0.2, -0.15) is 0 Å². The van der Waals surface area contributed by atoms with Crippen LogP contribution in [0.3, 0.4) is 0 Å². The molecule has 108 valence electrons. The zero-order chi connectivity index (χ0) is 14.9. The summed E-state index contributed by atoms with van der Waals surface area (Å²) in [5.41, 5.74) is -0.145. The first kappa shape index (κ1) is 14.1. The van der Waals surface area contributed by atoms with Gasteiger partial charge >= 0.3 is 5.69 Å². The highest BCUT2D eigenvalue weighted by Gasteiger charge is 2.36. The number of hydrogen-bond acceptors (Lipinski definition) is 6. The van der Waals surface area contributed by atoms with Crippen molar-refractivity contribution in [1.82, 2.24) is 0 Å². The quantitative estimate of drug-likeness (QED) is 0.451. The van der Waals surface area contributed by atoms with E-state index in [4.69, 9.17) is 14.2 Å². The lowest BCUT2D eigenvalue weighted by Gasteiger charge is -2.15. The molecule has 0 aromatic heterocycles. The number of hydrogen-bond donors (Lipinski definition) is 0. The molecule has 0 bridgehead atoms. The number of ether oxygens (including phenoxy) is 3. The van der Waals surface area contributed by atoms with Gasteiger partial charge in [0.2, 0.25) is 11.5 Å². The minimum Gasteiger partial charge on any atom is -0.492 e. The molecule has 1 aliphatic carbocycles. The molecule has 0 saturated heterocycles. The maximum absolute atomic E-state index is 12.2. The van der Waals surface area contributed by atoms with Gasteiger partial charge in [0.1, 0.15) is 0 Å². The van der Waals surface area contributed by atoms with E-state index < -0.39 is 4.92 Å². The second-order valence-electron chi connectivity index (χ2n) is 4.44. The van der Waals surface area contributed by atoms with Crippen molar-refractivity contribution in [3.05, 3.63) is 21.7 Å². The number of Topliss-reactive ketones (excluding diaryl/α,β-unsaturated/α-hetero) is 1. The minimum absolute atomic E-state index is 0.0540. The summed E-state index contributed by atoms with van der Waals surface area (Å²) in [5.74, 6) is -0.0609. The zero-order valence-electron chi connectivity index (χ0n) is 11.5. The third-order valence-corrected chi connectivity index (χ3v) is 3.19. The second kappa shape index (κ2) is 5.36. The van der Waals surface area contributed by atoms with E-state index in [2.05, 4.69) is 0 Å². The van der Waals surface area contributed by atoms with E-state index >= 15 is 0 Å². The first-order valence-electron chi connectivity index (χ1n) is 6.06. The Kier molecular flexibility index (Phi) is 3.78. The summed E-state index contributed by atoms with van der Waals surface area (Å²) in [6.07, 6.45) is 1.59. The van der Waals surface area contributed by atoms with Crippen LogP contribution in [0.25, 0.3) is 0 Å². The Morgan fingerprint density at radius 3 is 2.10 bits per heavy atom. The highest BCUT2D eigenvalue weighted by atomic mass is 16.6. The Morgan fingerprint density at radius 1 is 1.15 bits per heavy atom. The Hall–Kier alpha value is -2.31. The van der Waals surface area contributed by atoms with Gasteiger partial charge in [0.15, 0.2) is 11.5 Å². The SMILES string of the molecule is COc1c(C(=O)C2CC2)cc([N+](=O)[O-])c(OC)c1OC. The van der Waals surface area contributed by atoms with Crippen LogP contribution in [-0.2, 0) is 0 Å². The van der Waals surface area contributed by atoms with Gasteiger partial charge in [0.25, 0.3) is 0 Å². The first-order chi connectivity index (χ1) is 9.54. The molecule has 1 aromatic carbocycles. The van der Waals surface area contributed by atoms with Crippen molar-refractivity contribution in [1.29, 1.82) is 0 Å². The molecule has 0 spiro atoms. The molecule has 1 aromatic rings.